The van der Waals surface area contributed by atoms with Gasteiger partial charge in [-0.05, 0) is 49.9 Å². The van der Waals surface area contributed by atoms with Gasteiger partial charge in [0.1, 0.15) is 11.9 Å². The van der Waals surface area contributed by atoms with Crippen LogP contribution in [0.3, 0.4) is 0 Å². The van der Waals surface area contributed by atoms with Gasteiger partial charge in [-0.2, -0.15) is 0 Å². The maximum Gasteiger partial charge on any atom is 0.307 e. The van der Waals surface area contributed by atoms with Gasteiger partial charge in [0.25, 0.3) is 0 Å². The van der Waals surface area contributed by atoms with Crippen molar-refractivity contribution in [2.45, 2.75) is 51.7 Å². The number of carbonyl (C=O) groups excluding carboxylic acids is 1. The summed E-state index contributed by atoms with van der Waals surface area (Å²) < 4.78 is 12.2. The first-order valence-corrected chi connectivity index (χ1v) is 12.4. The Kier molecular flexibility index (Phi) is 8.56. The zero-order valence-electron chi connectivity index (χ0n) is 21.1. The Morgan fingerprint density at radius 1 is 1.05 bits per heavy atom. The maximum atomic E-state index is 12.6. The molecule has 194 valence electrons. The van der Waals surface area contributed by atoms with Gasteiger partial charge in [0.05, 0.1) is 37.9 Å². The number of carboxylic acids is 1. The molecule has 0 spiro atoms. The molecule has 1 atom stereocenters. The Hall–Kier alpha value is -4.14. The molecule has 1 unspecified atom stereocenters. The van der Waals surface area contributed by atoms with Crippen molar-refractivity contribution >= 4 is 23.5 Å². The lowest BCUT2D eigenvalue weighted by Gasteiger charge is -2.34. The Morgan fingerprint density at radius 2 is 1.76 bits per heavy atom. The molecule has 1 amide bonds. The summed E-state index contributed by atoms with van der Waals surface area (Å²) in [5, 5.41) is 11.7. The molecular weight excluding hydrogens is 472 g/mol. The third-order valence-corrected chi connectivity index (χ3v) is 5.84. The largest absolute Gasteiger partial charge is 0.487 e. The fourth-order valence-corrected chi connectivity index (χ4v) is 4.21. The third kappa shape index (κ3) is 7.67. The molecular formula is C28H32N4O5. The average Bonchev–Trinajstić information content (AvgIpc) is 2.86. The van der Waals surface area contributed by atoms with Crippen molar-refractivity contribution in [1.29, 1.82) is 0 Å². The van der Waals surface area contributed by atoms with E-state index in [4.69, 9.17) is 14.6 Å². The van der Waals surface area contributed by atoms with Crippen molar-refractivity contribution in [2.75, 3.05) is 23.3 Å². The van der Waals surface area contributed by atoms with Gasteiger partial charge in [0, 0.05) is 6.54 Å². The van der Waals surface area contributed by atoms with Crippen molar-refractivity contribution in [3.05, 3.63) is 72.1 Å². The lowest BCUT2D eigenvalue weighted by atomic mass is 10.1. The van der Waals surface area contributed by atoms with E-state index in [1.54, 1.807) is 30.5 Å². The van der Waals surface area contributed by atoms with E-state index < -0.39 is 5.97 Å². The second-order valence-corrected chi connectivity index (χ2v) is 9.32. The van der Waals surface area contributed by atoms with Crippen molar-refractivity contribution in [3.8, 4) is 11.5 Å². The minimum absolute atomic E-state index is 0.0326. The molecule has 2 N–H and O–H groups in total. The number of anilines is 2. The Labute approximate surface area is 216 Å². The molecule has 2 aromatic carbocycles. The SMILES string of the molecule is CC(C)Oc1ccccc1OC1CCCN(c2cncc(NC(=O)Cc3ccc(CC(=O)O)cc3)n2)C1. The number of rotatable bonds is 10. The van der Waals surface area contributed by atoms with Gasteiger partial charge in [0.15, 0.2) is 17.3 Å². The smallest absolute Gasteiger partial charge is 0.307 e. The number of piperidine rings is 1. The molecule has 1 fully saturated rings. The van der Waals surface area contributed by atoms with Gasteiger partial charge in [-0.3, -0.25) is 14.6 Å². The number of aromatic nitrogens is 2. The minimum atomic E-state index is -0.888. The summed E-state index contributed by atoms with van der Waals surface area (Å²) in [6.07, 6.45) is 5.19. The number of nitrogens with zero attached hydrogens (tertiary/aromatic N) is 3. The van der Waals surface area contributed by atoms with Crippen LogP contribution in [0, 0.1) is 0 Å². The quantitative estimate of drug-likeness (QED) is 0.424. The first-order chi connectivity index (χ1) is 17.9. The molecule has 1 saturated heterocycles. The van der Waals surface area contributed by atoms with Gasteiger partial charge < -0.3 is 24.8 Å². The lowest BCUT2D eigenvalue weighted by Crippen LogP contribution is -2.41. The summed E-state index contributed by atoms with van der Waals surface area (Å²) in [7, 11) is 0. The van der Waals surface area contributed by atoms with Gasteiger partial charge in [0.2, 0.25) is 5.91 Å². The number of aliphatic carboxylic acids is 1. The Balaban J connectivity index is 1.35. The standard InChI is InChI=1S/C28H32N4O5/c1-19(2)36-23-7-3-4-8-24(23)37-22-6-5-13-32(18-22)26-17-29-16-25(30-26)31-27(33)14-20-9-11-21(12-10-20)15-28(34)35/h3-4,7-12,16-17,19,22H,5-6,13-15,18H2,1-2H3,(H,34,35)(H,30,31,33). The normalized spacial score (nSPS) is 15.3. The second kappa shape index (κ2) is 12.2. The predicted molar refractivity (Wildman–Crippen MR) is 140 cm³/mol. The van der Waals surface area contributed by atoms with Crippen molar-refractivity contribution in [3.63, 3.8) is 0 Å². The zero-order chi connectivity index (χ0) is 26.2. The molecule has 9 nitrogen and oxygen atoms in total. The van der Waals surface area contributed by atoms with Gasteiger partial charge in [-0.1, -0.05) is 36.4 Å². The fourth-order valence-electron chi connectivity index (χ4n) is 4.21. The summed E-state index contributed by atoms with van der Waals surface area (Å²) in [4.78, 5) is 34.4. The van der Waals surface area contributed by atoms with Crippen LogP contribution in [0.25, 0.3) is 0 Å². The molecule has 0 bridgehead atoms. The Bertz CT molecular complexity index is 1220. The van der Waals surface area contributed by atoms with E-state index in [1.165, 1.54) is 6.20 Å². The monoisotopic (exact) mass is 504 g/mol. The van der Waals surface area contributed by atoms with Crippen LogP contribution in [0.4, 0.5) is 11.6 Å². The topological polar surface area (TPSA) is 114 Å². The predicted octanol–water partition coefficient (Wildman–Crippen LogP) is 4.12. The van der Waals surface area contributed by atoms with Crippen LogP contribution in [0.5, 0.6) is 11.5 Å². The van der Waals surface area contributed by atoms with Crippen LogP contribution in [0.2, 0.25) is 0 Å². The highest BCUT2D eigenvalue weighted by Crippen LogP contribution is 2.30. The molecule has 0 radical (unpaired) electrons. The molecule has 9 heteroatoms. The van der Waals surface area contributed by atoms with Crippen molar-refractivity contribution in [2.24, 2.45) is 0 Å². The maximum absolute atomic E-state index is 12.6. The van der Waals surface area contributed by atoms with Gasteiger partial charge >= 0.3 is 5.97 Å². The van der Waals surface area contributed by atoms with Crippen LogP contribution < -0.4 is 19.7 Å². The number of nitrogens with one attached hydrogen (secondary N) is 1. The van der Waals surface area contributed by atoms with E-state index in [2.05, 4.69) is 20.2 Å². The second-order valence-electron chi connectivity index (χ2n) is 9.32. The van der Waals surface area contributed by atoms with E-state index in [9.17, 15) is 9.59 Å². The molecule has 4 rings (SSSR count). The number of carbonyl (C=O) groups is 2. The first kappa shape index (κ1) is 25.9. The molecule has 1 aromatic heterocycles. The van der Waals surface area contributed by atoms with Crippen LogP contribution in [0.15, 0.2) is 60.9 Å². The van der Waals surface area contributed by atoms with E-state index in [-0.39, 0.29) is 31.0 Å². The molecule has 1 aliphatic rings. The minimum Gasteiger partial charge on any atom is -0.487 e. The molecule has 2 heterocycles. The summed E-state index contributed by atoms with van der Waals surface area (Å²) in [5.74, 6) is 1.40. The molecule has 37 heavy (non-hydrogen) atoms. The van der Waals surface area contributed by atoms with E-state index in [1.807, 2.05) is 38.1 Å². The van der Waals surface area contributed by atoms with Crippen LogP contribution >= 0.6 is 0 Å². The highest BCUT2D eigenvalue weighted by molar-refractivity contribution is 5.91. The fraction of sp³-hybridized carbons (Fsp3) is 0.357. The number of para-hydroxylation sites is 2. The summed E-state index contributed by atoms with van der Waals surface area (Å²) in [5.41, 5.74) is 1.48. The van der Waals surface area contributed by atoms with Crippen LogP contribution in [-0.4, -0.2) is 52.2 Å². The van der Waals surface area contributed by atoms with Crippen LogP contribution in [0.1, 0.15) is 37.8 Å². The molecule has 1 aliphatic heterocycles. The molecule has 0 aliphatic carbocycles. The van der Waals surface area contributed by atoms with E-state index in [0.717, 1.165) is 36.4 Å². The number of carboxylic acid groups (broad SMARTS) is 1. The number of hydrogen-bond donors (Lipinski definition) is 2. The third-order valence-electron chi connectivity index (χ3n) is 5.84. The first-order valence-electron chi connectivity index (χ1n) is 12.4. The Morgan fingerprint density at radius 3 is 2.46 bits per heavy atom. The van der Waals surface area contributed by atoms with Gasteiger partial charge in [-0.15, -0.1) is 0 Å². The highest BCUT2D eigenvalue weighted by Gasteiger charge is 2.24. The van der Waals surface area contributed by atoms with Crippen molar-refractivity contribution < 1.29 is 24.2 Å². The van der Waals surface area contributed by atoms with E-state index >= 15 is 0 Å². The highest BCUT2D eigenvalue weighted by atomic mass is 16.5. The van der Waals surface area contributed by atoms with Crippen molar-refractivity contribution in [1.82, 2.24) is 9.97 Å². The summed E-state index contributed by atoms with van der Waals surface area (Å²) in [6, 6.07) is 14.7. The summed E-state index contributed by atoms with van der Waals surface area (Å²) >= 11 is 0. The van der Waals surface area contributed by atoms with Gasteiger partial charge in [-0.25, -0.2) is 4.98 Å². The van der Waals surface area contributed by atoms with Crippen LogP contribution in [-0.2, 0) is 22.4 Å². The number of amides is 1. The number of ether oxygens (including phenoxy) is 2. The molecule has 0 saturated carbocycles. The number of benzene rings is 2. The van der Waals surface area contributed by atoms with E-state index in [0.29, 0.717) is 23.7 Å². The number of hydrogen-bond acceptors (Lipinski definition) is 7. The zero-order valence-corrected chi connectivity index (χ0v) is 21.1. The summed E-state index contributed by atoms with van der Waals surface area (Å²) in [6.45, 7) is 5.44. The molecule has 3 aromatic rings. The average molecular weight is 505 g/mol. The lowest BCUT2D eigenvalue weighted by molar-refractivity contribution is -0.136.